The molecule has 0 N–H and O–H groups in total. The van der Waals surface area contributed by atoms with Crippen molar-refractivity contribution in [3.8, 4) is 11.8 Å². The predicted molar refractivity (Wildman–Crippen MR) is 99.3 cm³/mol. The van der Waals surface area contributed by atoms with Gasteiger partial charge in [0.1, 0.15) is 19.6 Å². The number of ether oxygens (including phenoxy) is 1. The van der Waals surface area contributed by atoms with Gasteiger partial charge in [-0.05, 0) is 29.7 Å². The minimum absolute atomic E-state index is 0. The molecule has 130 valence electrons. The summed E-state index contributed by atoms with van der Waals surface area (Å²) in [6.07, 6.45) is 4.49. The lowest BCUT2D eigenvalue weighted by Crippen LogP contribution is -3.00. The van der Waals surface area contributed by atoms with Crippen molar-refractivity contribution in [3.63, 3.8) is 0 Å². The highest BCUT2D eigenvalue weighted by molar-refractivity contribution is 5.48. The third-order valence-electron chi connectivity index (χ3n) is 4.44. The van der Waals surface area contributed by atoms with Crippen LogP contribution in [-0.2, 0) is 4.74 Å². The second-order valence-electron chi connectivity index (χ2n) is 6.22. The molecule has 0 amide bonds. The standard InChI is InChI=1S/C22H24NO.BrH/c1-3-9-21(10-4-1)13-7-15-23(17-19-24-20-18-23)16-8-14-22-11-5-2-6-12-22;/h1-7,9-13H,15-20H2;1H/q+1;/p-1. The zero-order valence-corrected chi connectivity index (χ0v) is 16.0. The lowest BCUT2D eigenvalue weighted by atomic mass is 10.2. The Balaban J connectivity index is 0.00000225. The molecule has 1 heterocycles. The average Bonchev–Trinajstić information content (AvgIpc) is 2.64. The van der Waals surface area contributed by atoms with E-state index >= 15 is 0 Å². The van der Waals surface area contributed by atoms with Crippen molar-refractivity contribution in [1.82, 2.24) is 0 Å². The summed E-state index contributed by atoms with van der Waals surface area (Å²) < 4.78 is 6.56. The summed E-state index contributed by atoms with van der Waals surface area (Å²) in [6, 6.07) is 20.7. The van der Waals surface area contributed by atoms with Crippen LogP contribution in [0.3, 0.4) is 0 Å². The highest BCUT2D eigenvalue weighted by Crippen LogP contribution is 2.12. The van der Waals surface area contributed by atoms with Gasteiger partial charge in [0.15, 0.2) is 0 Å². The van der Waals surface area contributed by atoms with E-state index in [2.05, 4.69) is 60.4 Å². The molecule has 0 bridgehead atoms. The van der Waals surface area contributed by atoms with Gasteiger partial charge >= 0.3 is 0 Å². The Bertz CT molecular complexity index is 710. The first-order chi connectivity index (χ1) is 11.9. The van der Waals surface area contributed by atoms with Gasteiger partial charge in [-0.25, -0.2) is 0 Å². The van der Waals surface area contributed by atoms with Crippen LogP contribution in [0.25, 0.3) is 6.08 Å². The number of hydrogen-bond acceptors (Lipinski definition) is 1. The van der Waals surface area contributed by atoms with Gasteiger partial charge in [-0.3, -0.25) is 0 Å². The Morgan fingerprint density at radius 1 is 0.920 bits per heavy atom. The molecule has 2 aromatic rings. The Morgan fingerprint density at radius 3 is 2.24 bits per heavy atom. The molecule has 0 unspecified atom stereocenters. The fourth-order valence-electron chi connectivity index (χ4n) is 2.94. The SMILES string of the molecule is C(#Cc1ccccc1)C[N+]1(CC=Cc2ccccc2)CCOCC1.[Br-]. The largest absolute Gasteiger partial charge is 1.00 e. The van der Waals surface area contributed by atoms with Gasteiger partial charge in [-0.15, -0.1) is 0 Å². The van der Waals surface area contributed by atoms with E-state index in [-0.39, 0.29) is 17.0 Å². The summed E-state index contributed by atoms with van der Waals surface area (Å²) in [6.45, 7) is 5.59. The van der Waals surface area contributed by atoms with Gasteiger partial charge in [0, 0.05) is 5.56 Å². The molecule has 1 aliphatic rings. The van der Waals surface area contributed by atoms with Gasteiger partial charge in [-0.2, -0.15) is 0 Å². The Kier molecular flexibility index (Phi) is 7.94. The number of nitrogens with zero attached hydrogens (tertiary/aromatic N) is 1. The predicted octanol–water partition coefficient (Wildman–Crippen LogP) is 0.602. The third-order valence-corrected chi connectivity index (χ3v) is 4.44. The van der Waals surface area contributed by atoms with E-state index in [4.69, 9.17) is 4.74 Å². The number of halogens is 1. The number of benzene rings is 2. The van der Waals surface area contributed by atoms with Gasteiger partial charge in [-0.1, -0.05) is 60.5 Å². The number of quaternary nitrogens is 1. The molecule has 0 radical (unpaired) electrons. The van der Waals surface area contributed by atoms with E-state index < -0.39 is 0 Å². The maximum absolute atomic E-state index is 5.57. The van der Waals surface area contributed by atoms with Crippen LogP contribution >= 0.6 is 0 Å². The summed E-state index contributed by atoms with van der Waals surface area (Å²) in [5.74, 6) is 6.69. The fourth-order valence-corrected chi connectivity index (χ4v) is 2.94. The van der Waals surface area contributed by atoms with Crippen LogP contribution in [0, 0.1) is 11.8 Å². The quantitative estimate of drug-likeness (QED) is 0.542. The lowest BCUT2D eigenvalue weighted by molar-refractivity contribution is -0.923. The van der Waals surface area contributed by atoms with E-state index in [1.807, 2.05) is 24.3 Å². The minimum atomic E-state index is 0. The van der Waals surface area contributed by atoms with Crippen LogP contribution in [0.4, 0.5) is 0 Å². The van der Waals surface area contributed by atoms with E-state index in [0.29, 0.717) is 0 Å². The van der Waals surface area contributed by atoms with Crippen LogP contribution in [0.5, 0.6) is 0 Å². The number of hydrogen-bond donors (Lipinski definition) is 0. The van der Waals surface area contributed by atoms with Crippen molar-refractivity contribution < 1.29 is 26.2 Å². The highest BCUT2D eigenvalue weighted by atomic mass is 79.9. The van der Waals surface area contributed by atoms with Crippen molar-refractivity contribution in [2.45, 2.75) is 0 Å². The molecule has 2 nitrogen and oxygen atoms in total. The minimum Gasteiger partial charge on any atom is -1.00 e. The Morgan fingerprint density at radius 2 is 1.56 bits per heavy atom. The molecule has 3 rings (SSSR count). The van der Waals surface area contributed by atoms with Crippen molar-refractivity contribution >= 4 is 6.08 Å². The molecule has 1 saturated heterocycles. The lowest BCUT2D eigenvalue weighted by Gasteiger charge is -2.39. The maximum atomic E-state index is 5.57. The van der Waals surface area contributed by atoms with E-state index in [1.54, 1.807) is 0 Å². The summed E-state index contributed by atoms with van der Waals surface area (Å²) >= 11 is 0. The van der Waals surface area contributed by atoms with E-state index in [0.717, 1.165) is 49.4 Å². The molecule has 0 aromatic heterocycles. The normalized spacial score (nSPS) is 15.8. The second kappa shape index (κ2) is 10.2. The summed E-state index contributed by atoms with van der Waals surface area (Å²) in [7, 11) is 0. The first-order valence-corrected chi connectivity index (χ1v) is 8.55. The Hall–Kier alpha value is -1.86. The molecule has 1 fully saturated rings. The van der Waals surface area contributed by atoms with E-state index in [1.165, 1.54) is 5.56 Å². The third kappa shape index (κ3) is 6.17. The molecule has 25 heavy (non-hydrogen) atoms. The van der Waals surface area contributed by atoms with Crippen LogP contribution in [-0.4, -0.2) is 43.9 Å². The first kappa shape index (κ1) is 19.5. The zero-order chi connectivity index (χ0) is 16.5. The van der Waals surface area contributed by atoms with Crippen molar-refractivity contribution in [2.24, 2.45) is 0 Å². The average molecular weight is 398 g/mol. The molecule has 0 spiro atoms. The molecule has 2 aromatic carbocycles. The van der Waals surface area contributed by atoms with E-state index in [9.17, 15) is 0 Å². The van der Waals surface area contributed by atoms with Gasteiger partial charge in [0.25, 0.3) is 0 Å². The topological polar surface area (TPSA) is 9.23 Å². The van der Waals surface area contributed by atoms with Gasteiger partial charge in [0.2, 0.25) is 0 Å². The Labute approximate surface area is 161 Å². The molecule has 0 saturated carbocycles. The van der Waals surface area contributed by atoms with Crippen molar-refractivity contribution in [1.29, 1.82) is 0 Å². The van der Waals surface area contributed by atoms with Crippen LogP contribution in [0.2, 0.25) is 0 Å². The molecule has 0 aliphatic carbocycles. The van der Waals surface area contributed by atoms with Crippen LogP contribution in [0.15, 0.2) is 66.7 Å². The number of morpholine rings is 1. The summed E-state index contributed by atoms with van der Waals surface area (Å²) in [5.41, 5.74) is 2.34. The molecule has 1 aliphatic heterocycles. The zero-order valence-electron chi connectivity index (χ0n) is 14.4. The van der Waals surface area contributed by atoms with Crippen LogP contribution < -0.4 is 17.0 Å². The second-order valence-corrected chi connectivity index (χ2v) is 6.22. The molecular weight excluding hydrogens is 374 g/mol. The van der Waals surface area contributed by atoms with Gasteiger partial charge < -0.3 is 26.2 Å². The molecular formula is C22H24BrNO. The van der Waals surface area contributed by atoms with Crippen molar-refractivity contribution in [2.75, 3.05) is 39.4 Å². The summed E-state index contributed by atoms with van der Waals surface area (Å²) in [5, 5.41) is 0. The summed E-state index contributed by atoms with van der Waals surface area (Å²) in [4.78, 5) is 0. The van der Waals surface area contributed by atoms with Gasteiger partial charge in [0.05, 0.1) is 19.8 Å². The highest BCUT2D eigenvalue weighted by Gasteiger charge is 2.28. The smallest absolute Gasteiger partial charge is 0.141 e. The monoisotopic (exact) mass is 397 g/mol. The van der Waals surface area contributed by atoms with Crippen molar-refractivity contribution in [3.05, 3.63) is 77.9 Å². The first-order valence-electron chi connectivity index (χ1n) is 8.55. The fraction of sp³-hybridized carbons (Fsp3) is 0.273. The molecule has 3 heteroatoms. The van der Waals surface area contributed by atoms with Crippen LogP contribution in [0.1, 0.15) is 11.1 Å². The maximum Gasteiger partial charge on any atom is 0.141 e. The number of rotatable bonds is 4. The molecule has 0 atom stereocenters.